The molecule has 3 N–H and O–H groups in total. The third kappa shape index (κ3) is 5.02. The summed E-state index contributed by atoms with van der Waals surface area (Å²) in [6, 6.07) is 10.3. The molecule has 0 heterocycles. The fourth-order valence-electron chi connectivity index (χ4n) is 2.44. The maximum atomic E-state index is 11.7. The first-order chi connectivity index (χ1) is 10.2. The van der Waals surface area contributed by atoms with Gasteiger partial charge in [0.2, 0.25) is 0 Å². The molecule has 1 aliphatic carbocycles. The van der Waals surface area contributed by atoms with Gasteiger partial charge in [0.15, 0.2) is 0 Å². The molecule has 5 nitrogen and oxygen atoms in total. The van der Waals surface area contributed by atoms with Gasteiger partial charge in [0.05, 0.1) is 6.61 Å². The van der Waals surface area contributed by atoms with E-state index >= 15 is 0 Å². The molecule has 0 spiro atoms. The van der Waals surface area contributed by atoms with Crippen molar-refractivity contribution in [2.75, 3.05) is 6.61 Å². The molecule has 1 aliphatic rings. The molecule has 0 aliphatic heterocycles. The van der Waals surface area contributed by atoms with E-state index in [1.807, 2.05) is 37.3 Å². The first kappa shape index (κ1) is 15.8. The summed E-state index contributed by atoms with van der Waals surface area (Å²) in [5.74, 6) is 0. The number of alkyl carbamates (subject to hydrolysis) is 1. The average molecular weight is 292 g/mol. The number of rotatable bonds is 7. The van der Waals surface area contributed by atoms with E-state index in [9.17, 15) is 4.79 Å². The van der Waals surface area contributed by atoms with Crippen molar-refractivity contribution in [3.05, 3.63) is 35.9 Å². The number of nitrogens with one attached hydrogen (secondary N) is 2. The number of benzene rings is 1. The van der Waals surface area contributed by atoms with Gasteiger partial charge in [-0.2, -0.15) is 0 Å². The standard InChI is InChI=1S/C16H24N2O3/c1-2-13(10-19)17-14-8-15(9-14)18-16(20)21-11-12-6-4-3-5-7-12/h3-7,13-15,17,19H,2,8-11H2,1H3,(H,18,20). The molecule has 1 saturated carbocycles. The fraction of sp³-hybridized carbons (Fsp3) is 0.562. The van der Waals surface area contributed by atoms with Crippen LogP contribution in [0.2, 0.25) is 0 Å². The molecule has 21 heavy (non-hydrogen) atoms. The van der Waals surface area contributed by atoms with Crippen LogP contribution in [0.25, 0.3) is 0 Å². The zero-order chi connectivity index (χ0) is 15.1. The topological polar surface area (TPSA) is 70.6 Å². The van der Waals surface area contributed by atoms with Crippen LogP contribution in [0.4, 0.5) is 4.79 Å². The van der Waals surface area contributed by atoms with Crippen molar-refractivity contribution in [1.82, 2.24) is 10.6 Å². The Morgan fingerprint density at radius 3 is 2.67 bits per heavy atom. The van der Waals surface area contributed by atoms with Gasteiger partial charge >= 0.3 is 6.09 Å². The van der Waals surface area contributed by atoms with Crippen LogP contribution < -0.4 is 10.6 Å². The summed E-state index contributed by atoms with van der Waals surface area (Å²) in [7, 11) is 0. The highest BCUT2D eigenvalue weighted by Crippen LogP contribution is 2.21. The summed E-state index contributed by atoms with van der Waals surface area (Å²) in [6.45, 7) is 2.50. The average Bonchev–Trinajstić information content (AvgIpc) is 2.48. The van der Waals surface area contributed by atoms with E-state index in [1.54, 1.807) is 0 Å². The first-order valence-electron chi connectivity index (χ1n) is 7.55. The molecule has 1 aromatic carbocycles. The van der Waals surface area contributed by atoms with E-state index in [-0.39, 0.29) is 24.8 Å². The molecule has 1 unspecified atom stereocenters. The SMILES string of the molecule is CCC(CO)NC1CC(NC(=O)OCc2ccccc2)C1. The molecule has 0 radical (unpaired) electrons. The molecule has 1 atom stereocenters. The Hall–Kier alpha value is -1.59. The van der Waals surface area contributed by atoms with Crippen LogP contribution in [0.1, 0.15) is 31.7 Å². The Kier molecular flexibility index (Phi) is 6.02. The zero-order valence-corrected chi connectivity index (χ0v) is 12.4. The molecule has 0 saturated heterocycles. The minimum Gasteiger partial charge on any atom is -0.445 e. The number of aliphatic hydroxyl groups is 1. The predicted molar refractivity (Wildman–Crippen MR) is 80.9 cm³/mol. The van der Waals surface area contributed by atoms with Crippen LogP contribution in [0.5, 0.6) is 0 Å². The van der Waals surface area contributed by atoms with Crippen LogP contribution in [0.3, 0.4) is 0 Å². The van der Waals surface area contributed by atoms with Gasteiger partial charge in [0.1, 0.15) is 6.61 Å². The quantitative estimate of drug-likeness (QED) is 0.717. The highest BCUT2D eigenvalue weighted by atomic mass is 16.5. The summed E-state index contributed by atoms with van der Waals surface area (Å²) in [5, 5.41) is 15.4. The van der Waals surface area contributed by atoms with Crippen molar-refractivity contribution in [2.24, 2.45) is 0 Å². The second-order valence-electron chi connectivity index (χ2n) is 5.53. The third-order valence-corrected chi connectivity index (χ3v) is 3.86. The third-order valence-electron chi connectivity index (χ3n) is 3.86. The number of carbonyl (C=O) groups excluding carboxylic acids is 1. The lowest BCUT2D eigenvalue weighted by Gasteiger charge is -2.38. The number of ether oxygens (including phenoxy) is 1. The van der Waals surface area contributed by atoms with E-state index in [0.717, 1.165) is 24.8 Å². The molecule has 1 fully saturated rings. The maximum Gasteiger partial charge on any atom is 0.407 e. The van der Waals surface area contributed by atoms with Crippen molar-refractivity contribution in [3.8, 4) is 0 Å². The lowest BCUT2D eigenvalue weighted by atomic mass is 9.86. The largest absolute Gasteiger partial charge is 0.445 e. The maximum absolute atomic E-state index is 11.7. The minimum atomic E-state index is -0.364. The smallest absolute Gasteiger partial charge is 0.407 e. The van der Waals surface area contributed by atoms with Gasteiger partial charge in [0.25, 0.3) is 0 Å². The Morgan fingerprint density at radius 2 is 2.05 bits per heavy atom. The molecule has 2 rings (SSSR count). The van der Waals surface area contributed by atoms with Crippen molar-refractivity contribution >= 4 is 6.09 Å². The number of amides is 1. The number of carbonyl (C=O) groups is 1. The van der Waals surface area contributed by atoms with E-state index < -0.39 is 0 Å². The van der Waals surface area contributed by atoms with Crippen molar-refractivity contribution in [2.45, 2.75) is 50.9 Å². The minimum absolute atomic E-state index is 0.154. The van der Waals surface area contributed by atoms with Gasteiger partial charge in [0, 0.05) is 18.1 Å². The monoisotopic (exact) mass is 292 g/mol. The molecular weight excluding hydrogens is 268 g/mol. The van der Waals surface area contributed by atoms with E-state index in [4.69, 9.17) is 9.84 Å². The molecule has 116 valence electrons. The summed E-state index contributed by atoms with van der Waals surface area (Å²) < 4.78 is 5.18. The molecular formula is C16H24N2O3. The molecule has 1 amide bonds. The number of aliphatic hydroxyl groups excluding tert-OH is 1. The van der Waals surface area contributed by atoms with Crippen molar-refractivity contribution in [3.63, 3.8) is 0 Å². The van der Waals surface area contributed by atoms with E-state index in [0.29, 0.717) is 12.6 Å². The number of hydrogen-bond donors (Lipinski definition) is 3. The van der Waals surface area contributed by atoms with Crippen LogP contribution >= 0.6 is 0 Å². The normalized spacial score (nSPS) is 22.2. The Morgan fingerprint density at radius 1 is 1.33 bits per heavy atom. The molecule has 0 bridgehead atoms. The van der Waals surface area contributed by atoms with Gasteiger partial charge in [-0.05, 0) is 24.8 Å². The van der Waals surface area contributed by atoms with Gasteiger partial charge in [-0.3, -0.25) is 0 Å². The fourth-order valence-corrected chi connectivity index (χ4v) is 2.44. The number of hydrogen-bond acceptors (Lipinski definition) is 4. The van der Waals surface area contributed by atoms with Gasteiger partial charge in [-0.1, -0.05) is 37.3 Å². The Balaban J connectivity index is 1.60. The molecule has 0 aromatic heterocycles. The predicted octanol–water partition coefficient (Wildman–Crippen LogP) is 1.80. The summed E-state index contributed by atoms with van der Waals surface area (Å²) >= 11 is 0. The van der Waals surface area contributed by atoms with Crippen LogP contribution in [0, 0.1) is 0 Å². The Bertz CT molecular complexity index is 428. The second kappa shape index (κ2) is 8.00. The van der Waals surface area contributed by atoms with Crippen LogP contribution in [0.15, 0.2) is 30.3 Å². The van der Waals surface area contributed by atoms with E-state index in [2.05, 4.69) is 10.6 Å². The summed E-state index contributed by atoms with van der Waals surface area (Å²) in [4.78, 5) is 11.7. The summed E-state index contributed by atoms with van der Waals surface area (Å²) in [6.07, 6.45) is 2.31. The first-order valence-corrected chi connectivity index (χ1v) is 7.55. The van der Waals surface area contributed by atoms with Crippen LogP contribution in [-0.2, 0) is 11.3 Å². The lowest BCUT2D eigenvalue weighted by molar-refractivity contribution is 0.121. The van der Waals surface area contributed by atoms with E-state index in [1.165, 1.54) is 0 Å². The highest BCUT2D eigenvalue weighted by molar-refractivity contribution is 5.67. The van der Waals surface area contributed by atoms with Crippen molar-refractivity contribution < 1.29 is 14.6 Å². The second-order valence-corrected chi connectivity index (χ2v) is 5.53. The lowest BCUT2D eigenvalue weighted by Crippen LogP contribution is -2.55. The molecule has 1 aromatic rings. The summed E-state index contributed by atoms with van der Waals surface area (Å²) in [5.41, 5.74) is 0.981. The van der Waals surface area contributed by atoms with Gasteiger partial charge in [-0.25, -0.2) is 4.79 Å². The van der Waals surface area contributed by atoms with Gasteiger partial charge < -0.3 is 20.5 Å². The highest BCUT2D eigenvalue weighted by Gasteiger charge is 2.31. The van der Waals surface area contributed by atoms with Crippen LogP contribution in [-0.4, -0.2) is 35.9 Å². The van der Waals surface area contributed by atoms with Crippen molar-refractivity contribution in [1.29, 1.82) is 0 Å². The van der Waals surface area contributed by atoms with Gasteiger partial charge in [-0.15, -0.1) is 0 Å². The molecule has 5 heteroatoms. The zero-order valence-electron chi connectivity index (χ0n) is 12.4. The Labute approximate surface area is 125 Å².